The van der Waals surface area contributed by atoms with Gasteiger partial charge in [0.15, 0.2) is 5.60 Å². The van der Waals surface area contributed by atoms with Crippen molar-refractivity contribution in [2.75, 3.05) is 6.61 Å². The largest absolute Gasteiger partial charge is 0.446 e. The Morgan fingerprint density at radius 3 is 2.35 bits per heavy atom. The van der Waals surface area contributed by atoms with Gasteiger partial charge in [-0.15, -0.1) is 0 Å². The van der Waals surface area contributed by atoms with Crippen LogP contribution < -0.4 is 0 Å². The van der Waals surface area contributed by atoms with Crippen molar-refractivity contribution in [1.29, 1.82) is 0 Å². The van der Waals surface area contributed by atoms with Crippen LogP contribution >= 0.6 is 0 Å². The molecule has 0 spiro atoms. The molecule has 2 atom stereocenters. The van der Waals surface area contributed by atoms with Gasteiger partial charge in [0.25, 0.3) is 0 Å². The van der Waals surface area contributed by atoms with Crippen molar-refractivity contribution in [3.8, 4) is 11.8 Å². The quantitative estimate of drug-likeness (QED) is 0.591. The van der Waals surface area contributed by atoms with Crippen LogP contribution in [0.25, 0.3) is 0 Å². The number of carbonyl (C=O) groups excluding carboxylic acids is 1. The monoisotopic (exact) mass is 238 g/mol. The number of aliphatic hydroxyl groups is 1. The number of hydrogen-bond donors (Lipinski definition) is 1. The minimum atomic E-state index is -0.757. The second-order valence-corrected chi connectivity index (χ2v) is 6.20. The van der Waals surface area contributed by atoms with Gasteiger partial charge >= 0.3 is 5.97 Å². The van der Waals surface area contributed by atoms with Crippen LogP contribution in [0.1, 0.15) is 41.0 Å². The SMILES string of the molecule is CC(C)(C#C[C@@H]1C[C@@H]1CO)OC(=O)C(C)(C)C. The van der Waals surface area contributed by atoms with Crippen LogP contribution in [0.2, 0.25) is 0 Å². The van der Waals surface area contributed by atoms with Gasteiger partial charge in [-0.1, -0.05) is 11.8 Å². The van der Waals surface area contributed by atoms with Gasteiger partial charge in [0.1, 0.15) is 0 Å². The first-order chi connectivity index (χ1) is 7.65. The molecule has 1 saturated carbocycles. The molecule has 0 aliphatic heterocycles. The Balaban J connectivity index is 2.55. The summed E-state index contributed by atoms with van der Waals surface area (Å²) in [5.41, 5.74) is -1.26. The zero-order chi connectivity index (χ0) is 13.3. The molecule has 0 aromatic rings. The van der Waals surface area contributed by atoms with E-state index in [1.54, 1.807) is 13.8 Å². The summed E-state index contributed by atoms with van der Waals surface area (Å²) in [4.78, 5) is 11.7. The average Bonchev–Trinajstić information content (AvgIpc) is 2.91. The van der Waals surface area contributed by atoms with Crippen LogP contribution in [-0.2, 0) is 9.53 Å². The summed E-state index contributed by atoms with van der Waals surface area (Å²) >= 11 is 0. The van der Waals surface area contributed by atoms with Crippen LogP contribution in [0.3, 0.4) is 0 Å². The molecule has 0 heterocycles. The van der Waals surface area contributed by atoms with Crippen LogP contribution in [-0.4, -0.2) is 23.3 Å². The van der Waals surface area contributed by atoms with E-state index in [1.807, 2.05) is 20.8 Å². The zero-order valence-electron chi connectivity index (χ0n) is 11.3. The standard InChI is InChI=1S/C14H22O3/c1-13(2,3)12(16)17-14(4,5)7-6-10-8-11(10)9-15/h10-11,15H,8-9H2,1-5H3/t10-,11-/m1/s1. The lowest BCUT2D eigenvalue weighted by atomic mass is 9.97. The number of esters is 1. The van der Waals surface area contributed by atoms with Gasteiger partial charge in [-0.25, -0.2) is 0 Å². The molecule has 0 radical (unpaired) electrons. The van der Waals surface area contributed by atoms with Crippen LogP contribution in [0, 0.1) is 29.1 Å². The van der Waals surface area contributed by atoms with Crippen molar-refractivity contribution in [3.05, 3.63) is 0 Å². The van der Waals surface area contributed by atoms with Crippen LogP contribution in [0.5, 0.6) is 0 Å². The molecule has 0 saturated heterocycles. The van der Waals surface area contributed by atoms with Gasteiger partial charge in [0.05, 0.1) is 5.41 Å². The van der Waals surface area contributed by atoms with Crippen molar-refractivity contribution in [3.63, 3.8) is 0 Å². The third-order valence-corrected chi connectivity index (χ3v) is 2.68. The number of hydrogen-bond acceptors (Lipinski definition) is 3. The summed E-state index contributed by atoms with van der Waals surface area (Å²) in [5.74, 6) is 6.39. The molecule has 1 aliphatic rings. The van der Waals surface area contributed by atoms with Crippen molar-refractivity contribution in [1.82, 2.24) is 0 Å². The fourth-order valence-electron chi connectivity index (χ4n) is 1.30. The summed E-state index contributed by atoms with van der Waals surface area (Å²) in [6.07, 6.45) is 0.951. The smallest absolute Gasteiger partial charge is 0.312 e. The molecule has 1 fully saturated rings. The Morgan fingerprint density at radius 2 is 1.94 bits per heavy atom. The zero-order valence-corrected chi connectivity index (χ0v) is 11.3. The summed E-state index contributed by atoms with van der Waals surface area (Å²) in [5, 5.41) is 8.90. The van der Waals surface area contributed by atoms with Gasteiger partial charge in [0.2, 0.25) is 0 Å². The van der Waals surface area contributed by atoms with E-state index in [4.69, 9.17) is 9.84 Å². The molecule has 96 valence electrons. The molecular weight excluding hydrogens is 216 g/mol. The Bertz CT molecular complexity index is 352. The Kier molecular flexibility index (Phi) is 3.88. The van der Waals surface area contributed by atoms with Crippen LogP contribution in [0.15, 0.2) is 0 Å². The minimum absolute atomic E-state index is 0.196. The Morgan fingerprint density at radius 1 is 1.35 bits per heavy atom. The first-order valence-corrected chi connectivity index (χ1v) is 6.03. The van der Waals surface area contributed by atoms with Crippen molar-refractivity contribution >= 4 is 5.97 Å². The molecule has 17 heavy (non-hydrogen) atoms. The van der Waals surface area contributed by atoms with E-state index in [2.05, 4.69) is 11.8 Å². The van der Waals surface area contributed by atoms with E-state index in [0.29, 0.717) is 5.92 Å². The fourth-order valence-corrected chi connectivity index (χ4v) is 1.30. The molecule has 3 heteroatoms. The molecule has 1 aliphatic carbocycles. The number of carbonyl (C=O) groups is 1. The predicted octanol–water partition coefficient (Wildman–Crippen LogP) is 1.99. The summed E-state index contributed by atoms with van der Waals surface area (Å²) in [6, 6.07) is 0. The van der Waals surface area contributed by atoms with Gasteiger partial charge < -0.3 is 9.84 Å². The van der Waals surface area contributed by atoms with Gasteiger partial charge in [-0.3, -0.25) is 4.79 Å². The van der Waals surface area contributed by atoms with E-state index < -0.39 is 11.0 Å². The first-order valence-electron chi connectivity index (χ1n) is 6.03. The second-order valence-electron chi connectivity index (χ2n) is 6.20. The lowest BCUT2D eigenvalue weighted by molar-refractivity contribution is -0.161. The maximum atomic E-state index is 11.7. The maximum Gasteiger partial charge on any atom is 0.312 e. The normalized spacial score (nSPS) is 23.6. The molecular formula is C14H22O3. The van der Waals surface area contributed by atoms with Crippen molar-refractivity contribution in [2.24, 2.45) is 17.3 Å². The highest BCUT2D eigenvalue weighted by atomic mass is 16.6. The predicted molar refractivity (Wildman–Crippen MR) is 66.1 cm³/mol. The molecule has 0 aromatic heterocycles. The lowest BCUT2D eigenvalue weighted by Crippen LogP contribution is -2.33. The van der Waals surface area contributed by atoms with E-state index in [-0.39, 0.29) is 18.5 Å². The van der Waals surface area contributed by atoms with E-state index >= 15 is 0 Å². The Labute approximate surface area is 104 Å². The Hall–Kier alpha value is -1.01. The van der Waals surface area contributed by atoms with Crippen molar-refractivity contribution < 1.29 is 14.6 Å². The molecule has 0 amide bonds. The lowest BCUT2D eigenvalue weighted by Gasteiger charge is -2.24. The highest BCUT2D eigenvalue weighted by Gasteiger charge is 2.35. The third kappa shape index (κ3) is 4.40. The molecule has 1 rings (SSSR count). The molecule has 1 N–H and O–H groups in total. The molecule has 0 bridgehead atoms. The number of ether oxygens (including phenoxy) is 1. The average molecular weight is 238 g/mol. The van der Waals surface area contributed by atoms with Gasteiger partial charge in [-0.2, -0.15) is 0 Å². The highest BCUT2D eigenvalue weighted by Crippen LogP contribution is 2.37. The van der Waals surface area contributed by atoms with Gasteiger partial charge in [-0.05, 0) is 47.0 Å². The third-order valence-electron chi connectivity index (χ3n) is 2.68. The highest BCUT2D eigenvalue weighted by molar-refractivity contribution is 5.76. The fraction of sp³-hybridized carbons (Fsp3) is 0.786. The second kappa shape index (κ2) is 4.70. The number of rotatable bonds is 2. The van der Waals surface area contributed by atoms with E-state index in [9.17, 15) is 4.79 Å². The van der Waals surface area contributed by atoms with E-state index in [0.717, 1.165) is 6.42 Å². The molecule has 0 unspecified atom stereocenters. The topological polar surface area (TPSA) is 46.5 Å². The minimum Gasteiger partial charge on any atom is -0.446 e. The summed E-state index contributed by atoms with van der Waals surface area (Å²) < 4.78 is 5.37. The van der Waals surface area contributed by atoms with E-state index in [1.165, 1.54) is 0 Å². The summed E-state index contributed by atoms with van der Waals surface area (Å²) in [6.45, 7) is 9.24. The summed E-state index contributed by atoms with van der Waals surface area (Å²) in [7, 11) is 0. The maximum absolute atomic E-state index is 11.7. The van der Waals surface area contributed by atoms with Crippen molar-refractivity contribution in [2.45, 2.75) is 46.6 Å². The molecule has 3 nitrogen and oxygen atoms in total. The first kappa shape index (κ1) is 14.1. The van der Waals surface area contributed by atoms with Gasteiger partial charge in [0, 0.05) is 12.5 Å². The molecule has 0 aromatic carbocycles. The number of aliphatic hydroxyl groups excluding tert-OH is 1. The van der Waals surface area contributed by atoms with Crippen LogP contribution in [0.4, 0.5) is 0 Å².